The largest absolute Gasteiger partial charge is 0.339 e. The van der Waals surface area contributed by atoms with Crippen LogP contribution in [0.2, 0.25) is 0 Å². The Balaban J connectivity index is 1.43. The van der Waals surface area contributed by atoms with E-state index in [1.807, 2.05) is 0 Å². The van der Waals surface area contributed by atoms with Crippen molar-refractivity contribution in [1.29, 1.82) is 0 Å². The molecule has 23 heavy (non-hydrogen) atoms. The van der Waals surface area contributed by atoms with Crippen LogP contribution in [-0.2, 0) is 4.79 Å². The third kappa shape index (κ3) is 3.15. The van der Waals surface area contributed by atoms with Crippen LogP contribution < -0.4 is 0 Å². The minimum absolute atomic E-state index is 0.105. The Hall–Kier alpha value is -1.39. The molecule has 4 rings (SSSR count). The van der Waals surface area contributed by atoms with Crippen LogP contribution in [0.5, 0.6) is 0 Å². The molecule has 3 fully saturated rings. The van der Waals surface area contributed by atoms with E-state index in [9.17, 15) is 4.79 Å². The Bertz CT molecular complexity index is 542. The molecule has 1 aliphatic heterocycles. The maximum absolute atomic E-state index is 12.5. The lowest BCUT2D eigenvalue weighted by Crippen LogP contribution is -2.36. The third-order valence-corrected chi connectivity index (χ3v) is 5.95. The maximum atomic E-state index is 12.5. The second-order valence-electron chi connectivity index (χ2n) is 7.56. The van der Waals surface area contributed by atoms with Gasteiger partial charge in [-0.1, -0.05) is 43.7 Å². The normalized spacial score (nSPS) is 27.7. The van der Waals surface area contributed by atoms with Gasteiger partial charge in [-0.25, -0.2) is 0 Å². The molecular formula is C18H27N3O2. The first kappa shape index (κ1) is 15.2. The number of carbonyl (C=O) groups is 1. The van der Waals surface area contributed by atoms with E-state index in [0.29, 0.717) is 24.3 Å². The molecule has 0 N–H and O–H groups in total. The van der Waals surface area contributed by atoms with Gasteiger partial charge in [0.05, 0.1) is 5.92 Å². The van der Waals surface area contributed by atoms with E-state index in [2.05, 4.69) is 15.0 Å². The van der Waals surface area contributed by atoms with Gasteiger partial charge in [-0.05, 0) is 25.7 Å². The summed E-state index contributed by atoms with van der Waals surface area (Å²) in [7, 11) is 0. The summed E-state index contributed by atoms with van der Waals surface area (Å²) in [6.07, 6.45) is 12.9. The minimum atomic E-state index is 0.105. The first-order chi connectivity index (χ1) is 11.3. The number of hydrogen-bond donors (Lipinski definition) is 0. The fraction of sp³-hybridized carbons (Fsp3) is 0.833. The quantitative estimate of drug-likeness (QED) is 0.796. The molecule has 3 aliphatic rings. The molecule has 0 bridgehead atoms. The predicted molar refractivity (Wildman–Crippen MR) is 86.1 cm³/mol. The molecule has 5 heteroatoms. The molecule has 2 heterocycles. The van der Waals surface area contributed by atoms with Crippen LogP contribution in [0.25, 0.3) is 0 Å². The van der Waals surface area contributed by atoms with Crippen molar-refractivity contribution in [3.05, 3.63) is 11.7 Å². The van der Waals surface area contributed by atoms with Gasteiger partial charge in [0.25, 0.3) is 0 Å². The topological polar surface area (TPSA) is 59.2 Å². The molecule has 1 aromatic rings. The Labute approximate surface area is 137 Å². The highest BCUT2D eigenvalue weighted by Gasteiger charge is 2.38. The first-order valence-electron chi connectivity index (χ1n) is 9.44. The smallest absolute Gasteiger partial charge is 0.232 e. The summed E-state index contributed by atoms with van der Waals surface area (Å²) in [6, 6.07) is 0.437. The number of amides is 1. The van der Waals surface area contributed by atoms with E-state index < -0.39 is 0 Å². The molecule has 1 atom stereocenters. The fourth-order valence-corrected chi connectivity index (χ4v) is 4.58. The van der Waals surface area contributed by atoms with Gasteiger partial charge >= 0.3 is 0 Å². The number of likely N-dealkylation sites (tertiary alicyclic amines) is 1. The zero-order chi connectivity index (χ0) is 15.6. The van der Waals surface area contributed by atoms with Crippen molar-refractivity contribution in [1.82, 2.24) is 15.0 Å². The molecule has 2 saturated carbocycles. The lowest BCUT2D eigenvalue weighted by Gasteiger charge is -2.26. The zero-order valence-electron chi connectivity index (χ0n) is 13.9. The average Bonchev–Trinajstić information content (AvgIpc) is 3.25. The minimum Gasteiger partial charge on any atom is -0.339 e. The van der Waals surface area contributed by atoms with E-state index in [4.69, 9.17) is 4.52 Å². The highest BCUT2D eigenvalue weighted by atomic mass is 16.5. The lowest BCUT2D eigenvalue weighted by atomic mass is 10.1. The summed E-state index contributed by atoms with van der Waals surface area (Å²) in [5.74, 6) is 2.42. The van der Waals surface area contributed by atoms with Crippen LogP contribution >= 0.6 is 0 Å². The SMILES string of the molecule is O=C1CC(c2nc(C3CCCC3)no2)CN1C1CCCCCC1. The summed E-state index contributed by atoms with van der Waals surface area (Å²) in [5.41, 5.74) is 0. The molecule has 2 aliphatic carbocycles. The molecular weight excluding hydrogens is 290 g/mol. The standard InChI is InChI=1S/C18H27N3O2/c22-16-11-14(12-21(16)15-9-3-1-2-4-10-15)18-19-17(20-23-18)13-7-5-6-8-13/h13-15H,1-12H2. The summed E-state index contributed by atoms with van der Waals surface area (Å²) >= 11 is 0. The monoisotopic (exact) mass is 317 g/mol. The molecule has 1 amide bonds. The van der Waals surface area contributed by atoms with Crippen molar-refractivity contribution in [2.45, 2.75) is 88.5 Å². The van der Waals surface area contributed by atoms with E-state index in [1.54, 1.807) is 0 Å². The molecule has 0 spiro atoms. The molecule has 126 valence electrons. The van der Waals surface area contributed by atoms with Crippen molar-refractivity contribution in [2.75, 3.05) is 6.54 Å². The number of nitrogens with zero attached hydrogens (tertiary/aromatic N) is 3. The van der Waals surface area contributed by atoms with Crippen molar-refractivity contribution < 1.29 is 9.32 Å². The second kappa shape index (κ2) is 6.62. The Morgan fingerprint density at radius 3 is 2.35 bits per heavy atom. The fourth-order valence-electron chi connectivity index (χ4n) is 4.58. The Kier molecular flexibility index (Phi) is 4.36. The van der Waals surface area contributed by atoms with Gasteiger partial charge in [0.1, 0.15) is 0 Å². The summed E-state index contributed by atoms with van der Waals surface area (Å²) < 4.78 is 5.53. The van der Waals surface area contributed by atoms with Crippen LogP contribution in [0.15, 0.2) is 4.52 Å². The van der Waals surface area contributed by atoms with Crippen LogP contribution in [0.4, 0.5) is 0 Å². The maximum Gasteiger partial charge on any atom is 0.232 e. The second-order valence-corrected chi connectivity index (χ2v) is 7.56. The van der Waals surface area contributed by atoms with Gasteiger partial charge in [-0.3, -0.25) is 4.79 Å². The van der Waals surface area contributed by atoms with Crippen molar-refractivity contribution in [3.8, 4) is 0 Å². The van der Waals surface area contributed by atoms with Crippen LogP contribution in [0.1, 0.15) is 94.2 Å². The van der Waals surface area contributed by atoms with Crippen molar-refractivity contribution in [2.24, 2.45) is 0 Å². The highest BCUT2D eigenvalue weighted by molar-refractivity contribution is 5.79. The average molecular weight is 317 g/mol. The summed E-state index contributed by atoms with van der Waals surface area (Å²) in [4.78, 5) is 19.2. The first-order valence-corrected chi connectivity index (χ1v) is 9.44. The van der Waals surface area contributed by atoms with Gasteiger partial charge in [0.15, 0.2) is 5.82 Å². The van der Waals surface area contributed by atoms with Gasteiger partial charge in [0, 0.05) is 24.9 Å². The summed E-state index contributed by atoms with van der Waals surface area (Å²) in [5, 5.41) is 4.20. The van der Waals surface area contributed by atoms with Gasteiger partial charge < -0.3 is 9.42 Å². The van der Waals surface area contributed by atoms with Gasteiger partial charge in [-0.15, -0.1) is 0 Å². The number of aromatic nitrogens is 2. The van der Waals surface area contributed by atoms with Gasteiger partial charge in [0.2, 0.25) is 11.8 Å². The molecule has 0 aromatic carbocycles. The van der Waals surface area contributed by atoms with E-state index in [-0.39, 0.29) is 11.8 Å². The number of hydrogen-bond acceptors (Lipinski definition) is 4. The predicted octanol–water partition coefficient (Wildman–Crippen LogP) is 3.77. The van der Waals surface area contributed by atoms with Crippen LogP contribution in [0, 0.1) is 0 Å². The van der Waals surface area contributed by atoms with Crippen LogP contribution in [0.3, 0.4) is 0 Å². The Morgan fingerprint density at radius 2 is 1.61 bits per heavy atom. The van der Waals surface area contributed by atoms with Crippen molar-refractivity contribution in [3.63, 3.8) is 0 Å². The molecule has 1 unspecified atom stereocenters. The zero-order valence-corrected chi connectivity index (χ0v) is 13.9. The Morgan fingerprint density at radius 1 is 0.913 bits per heavy atom. The van der Waals surface area contributed by atoms with Crippen LogP contribution in [-0.4, -0.2) is 33.5 Å². The van der Waals surface area contributed by atoms with E-state index >= 15 is 0 Å². The number of rotatable bonds is 3. The van der Waals surface area contributed by atoms with E-state index in [0.717, 1.165) is 25.2 Å². The van der Waals surface area contributed by atoms with Crippen molar-refractivity contribution >= 4 is 5.91 Å². The molecule has 5 nitrogen and oxygen atoms in total. The molecule has 0 radical (unpaired) electrons. The molecule has 1 saturated heterocycles. The lowest BCUT2D eigenvalue weighted by molar-refractivity contribution is -0.129. The van der Waals surface area contributed by atoms with E-state index in [1.165, 1.54) is 51.4 Å². The van der Waals surface area contributed by atoms with Gasteiger partial charge in [-0.2, -0.15) is 4.98 Å². The molecule has 1 aromatic heterocycles. The number of carbonyl (C=O) groups excluding carboxylic acids is 1. The summed E-state index contributed by atoms with van der Waals surface area (Å²) in [6.45, 7) is 0.774. The third-order valence-electron chi connectivity index (χ3n) is 5.95. The highest BCUT2D eigenvalue weighted by Crippen LogP contribution is 2.35.